The van der Waals surface area contributed by atoms with Crippen LogP contribution in [0.3, 0.4) is 0 Å². The Bertz CT molecular complexity index is 699. The van der Waals surface area contributed by atoms with Gasteiger partial charge < -0.3 is 4.74 Å². The quantitative estimate of drug-likeness (QED) is 0.597. The topological polar surface area (TPSA) is 85.0 Å². The van der Waals surface area contributed by atoms with Crippen molar-refractivity contribution in [3.63, 3.8) is 0 Å². The zero-order valence-corrected chi connectivity index (χ0v) is 11.6. The highest BCUT2D eigenvalue weighted by Crippen LogP contribution is 2.13. The van der Waals surface area contributed by atoms with Crippen molar-refractivity contribution >= 4 is 27.5 Å². The number of hydrogen-bond donors (Lipinski definition) is 0. The SMILES string of the molecule is N#CCCCOC(=O)CCn1cnc2sccc2c1=O. The largest absolute Gasteiger partial charge is 0.466 e. The monoisotopic (exact) mass is 291 g/mol. The molecule has 0 spiro atoms. The Morgan fingerprint density at radius 3 is 3.20 bits per heavy atom. The third-order valence-electron chi connectivity index (χ3n) is 2.70. The normalized spacial score (nSPS) is 10.3. The van der Waals surface area contributed by atoms with Gasteiger partial charge in [0.05, 0.1) is 30.8 Å². The van der Waals surface area contributed by atoms with Gasteiger partial charge in [0.2, 0.25) is 0 Å². The van der Waals surface area contributed by atoms with Crippen LogP contribution in [0.2, 0.25) is 0 Å². The molecule has 0 radical (unpaired) electrons. The minimum atomic E-state index is -0.375. The van der Waals surface area contributed by atoms with E-state index in [9.17, 15) is 9.59 Å². The van der Waals surface area contributed by atoms with Gasteiger partial charge >= 0.3 is 5.97 Å². The van der Waals surface area contributed by atoms with Crippen LogP contribution >= 0.6 is 11.3 Å². The molecule has 0 saturated heterocycles. The van der Waals surface area contributed by atoms with Crippen LogP contribution < -0.4 is 5.56 Å². The molecule has 0 aliphatic heterocycles. The van der Waals surface area contributed by atoms with Gasteiger partial charge in [-0.3, -0.25) is 14.2 Å². The molecular weight excluding hydrogens is 278 g/mol. The lowest BCUT2D eigenvalue weighted by Crippen LogP contribution is -2.22. The summed E-state index contributed by atoms with van der Waals surface area (Å²) in [5.74, 6) is -0.375. The average Bonchev–Trinajstić information content (AvgIpc) is 2.92. The predicted octanol–water partition coefficient (Wildman–Crippen LogP) is 1.70. The number of rotatable bonds is 6. The molecule has 2 heterocycles. The number of esters is 1. The molecule has 0 aliphatic rings. The maximum atomic E-state index is 12.0. The van der Waals surface area contributed by atoms with E-state index in [0.717, 1.165) is 0 Å². The number of unbranched alkanes of at least 4 members (excludes halogenated alkanes) is 1. The molecule has 0 aliphatic carbocycles. The molecule has 2 rings (SSSR count). The van der Waals surface area contributed by atoms with Crippen LogP contribution in [-0.4, -0.2) is 22.1 Å². The zero-order valence-electron chi connectivity index (χ0n) is 10.7. The van der Waals surface area contributed by atoms with Crippen LogP contribution in [0.15, 0.2) is 22.6 Å². The van der Waals surface area contributed by atoms with E-state index in [1.54, 1.807) is 6.07 Å². The Hall–Kier alpha value is -2.20. The molecule has 7 heteroatoms. The predicted molar refractivity (Wildman–Crippen MR) is 74.3 cm³/mol. The van der Waals surface area contributed by atoms with Crippen LogP contribution in [-0.2, 0) is 16.1 Å². The Morgan fingerprint density at radius 2 is 2.40 bits per heavy atom. The summed E-state index contributed by atoms with van der Waals surface area (Å²) in [7, 11) is 0. The van der Waals surface area contributed by atoms with Crippen LogP contribution in [0.5, 0.6) is 0 Å². The second kappa shape index (κ2) is 6.82. The van der Waals surface area contributed by atoms with E-state index in [-0.39, 0.29) is 31.1 Å². The highest BCUT2D eigenvalue weighted by atomic mass is 32.1. The Labute approximate surface area is 119 Å². The van der Waals surface area contributed by atoms with Crippen LogP contribution in [0.25, 0.3) is 10.2 Å². The molecule has 0 atom stereocenters. The third-order valence-corrected chi connectivity index (χ3v) is 3.52. The number of fused-ring (bicyclic) bond motifs is 1. The summed E-state index contributed by atoms with van der Waals surface area (Å²) in [5.41, 5.74) is -0.145. The van der Waals surface area contributed by atoms with Crippen molar-refractivity contribution < 1.29 is 9.53 Å². The summed E-state index contributed by atoms with van der Waals surface area (Å²) in [5, 5.41) is 10.7. The van der Waals surface area contributed by atoms with Crippen LogP contribution in [0.1, 0.15) is 19.3 Å². The Morgan fingerprint density at radius 1 is 1.55 bits per heavy atom. The number of carbonyl (C=O) groups is 1. The first kappa shape index (κ1) is 14.2. The van der Waals surface area contributed by atoms with Crippen molar-refractivity contribution in [2.24, 2.45) is 0 Å². The smallest absolute Gasteiger partial charge is 0.307 e. The fourth-order valence-corrected chi connectivity index (χ4v) is 2.40. The molecule has 2 aromatic rings. The molecule has 0 saturated carbocycles. The minimum absolute atomic E-state index is 0.115. The van der Waals surface area contributed by atoms with Gasteiger partial charge in [0.25, 0.3) is 5.56 Å². The summed E-state index contributed by atoms with van der Waals surface area (Å²) in [6.45, 7) is 0.484. The van der Waals surface area contributed by atoms with Gasteiger partial charge in [-0.2, -0.15) is 5.26 Å². The van der Waals surface area contributed by atoms with Gasteiger partial charge in [-0.15, -0.1) is 11.3 Å². The maximum Gasteiger partial charge on any atom is 0.307 e. The van der Waals surface area contributed by atoms with E-state index >= 15 is 0 Å². The van der Waals surface area contributed by atoms with Gasteiger partial charge in [0.1, 0.15) is 4.83 Å². The van der Waals surface area contributed by atoms with E-state index in [1.807, 2.05) is 11.4 Å². The van der Waals surface area contributed by atoms with Crippen molar-refractivity contribution in [3.8, 4) is 6.07 Å². The molecule has 6 nitrogen and oxygen atoms in total. The first-order valence-corrected chi connectivity index (χ1v) is 7.05. The van der Waals surface area contributed by atoms with Crippen molar-refractivity contribution in [2.75, 3.05) is 6.61 Å². The van der Waals surface area contributed by atoms with Gasteiger partial charge in [0.15, 0.2) is 0 Å². The van der Waals surface area contributed by atoms with Crippen LogP contribution in [0.4, 0.5) is 0 Å². The van der Waals surface area contributed by atoms with Gasteiger partial charge in [-0.1, -0.05) is 0 Å². The lowest BCUT2D eigenvalue weighted by atomic mass is 10.3. The fraction of sp³-hybridized carbons (Fsp3) is 0.385. The maximum absolute atomic E-state index is 12.0. The second-order valence-electron chi connectivity index (χ2n) is 4.11. The number of thiophene rings is 1. The molecule has 2 aromatic heterocycles. The first-order chi connectivity index (χ1) is 9.72. The van der Waals surface area contributed by atoms with Crippen molar-refractivity contribution in [1.29, 1.82) is 5.26 Å². The fourth-order valence-electron chi connectivity index (χ4n) is 1.67. The van der Waals surface area contributed by atoms with E-state index < -0.39 is 0 Å². The Balaban J connectivity index is 1.89. The second-order valence-corrected chi connectivity index (χ2v) is 5.01. The van der Waals surface area contributed by atoms with Crippen molar-refractivity contribution in [2.45, 2.75) is 25.8 Å². The average molecular weight is 291 g/mol. The van der Waals surface area contributed by atoms with Gasteiger partial charge in [0, 0.05) is 13.0 Å². The summed E-state index contributed by atoms with van der Waals surface area (Å²) in [4.78, 5) is 28.4. The molecule has 0 N–H and O–H groups in total. The zero-order chi connectivity index (χ0) is 14.4. The van der Waals surface area contributed by atoms with Gasteiger partial charge in [-0.05, 0) is 17.9 Å². The number of hydrogen-bond acceptors (Lipinski definition) is 6. The number of aryl methyl sites for hydroxylation is 1. The highest BCUT2D eigenvalue weighted by molar-refractivity contribution is 7.16. The van der Waals surface area contributed by atoms with E-state index in [4.69, 9.17) is 10.00 Å². The molecule has 0 fully saturated rings. The number of carbonyl (C=O) groups excluding carboxylic acids is 1. The van der Waals surface area contributed by atoms with Crippen LogP contribution in [0, 0.1) is 11.3 Å². The molecule has 104 valence electrons. The number of aromatic nitrogens is 2. The lowest BCUT2D eigenvalue weighted by Gasteiger charge is -2.05. The van der Waals surface area contributed by atoms with Gasteiger partial charge in [-0.25, -0.2) is 4.98 Å². The van der Waals surface area contributed by atoms with E-state index in [2.05, 4.69) is 4.98 Å². The Kier molecular flexibility index (Phi) is 4.85. The first-order valence-electron chi connectivity index (χ1n) is 6.17. The molecule has 0 aromatic carbocycles. The standard InChI is InChI=1S/C13H13N3O3S/c14-5-1-2-7-19-11(17)3-6-16-9-15-12-10(13(16)18)4-8-20-12/h4,8-9H,1-3,6-7H2. The molecule has 20 heavy (non-hydrogen) atoms. The molecule has 0 unspecified atom stereocenters. The highest BCUT2D eigenvalue weighted by Gasteiger charge is 2.07. The summed E-state index contributed by atoms with van der Waals surface area (Å²) >= 11 is 1.41. The van der Waals surface area contributed by atoms with E-state index in [0.29, 0.717) is 23.1 Å². The molecular formula is C13H13N3O3S. The molecule has 0 bridgehead atoms. The number of nitriles is 1. The van der Waals surface area contributed by atoms with Crippen molar-refractivity contribution in [1.82, 2.24) is 9.55 Å². The lowest BCUT2D eigenvalue weighted by molar-refractivity contribution is -0.144. The van der Waals surface area contributed by atoms with Crippen molar-refractivity contribution in [3.05, 3.63) is 28.1 Å². The summed E-state index contributed by atoms with van der Waals surface area (Å²) in [6, 6.07) is 3.71. The number of nitrogens with zero attached hydrogens (tertiary/aromatic N) is 3. The summed E-state index contributed by atoms with van der Waals surface area (Å²) in [6.07, 6.45) is 2.46. The molecule has 0 amide bonds. The minimum Gasteiger partial charge on any atom is -0.466 e. The summed E-state index contributed by atoms with van der Waals surface area (Å²) < 4.78 is 6.36. The third kappa shape index (κ3) is 3.42. The van der Waals surface area contributed by atoms with E-state index in [1.165, 1.54) is 22.2 Å². The number of ether oxygens (including phenoxy) is 1.